The summed E-state index contributed by atoms with van der Waals surface area (Å²) in [5.41, 5.74) is 0.769. The van der Waals surface area contributed by atoms with Crippen molar-refractivity contribution in [2.45, 2.75) is 37.8 Å². The van der Waals surface area contributed by atoms with E-state index < -0.39 is 0 Å². The zero-order chi connectivity index (χ0) is 17.1. The van der Waals surface area contributed by atoms with Gasteiger partial charge in [-0.1, -0.05) is 6.07 Å². The van der Waals surface area contributed by atoms with Gasteiger partial charge in [0.2, 0.25) is 0 Å². The van der Waals surface area contributed by atoms with Crippen LogP contribution in [0.2, 0.25) is 0 Å². The second-order valence-electron chi connectivity index (χ2n) is 7.08. The minimum absolute atomic E-state index is 0.136. The lowest BCUT2D eigenvalue weighted by atomic mass is 10.0. The molecule has 1 N–H and O–H groups in total. The molecule has 1 unspecified atom stereocenters. The van der Waals surface area contributed by atoms with Gasteiger partial charge in [0.1, 0.15) is 0 Å². The molecule has 4 rings (SSSR count). The number of ether oxygens (including phenoxy) is 1. The smallest absolute Gasteiger partial charge is 0.253 e. The summed E-state index contributed by atoms with van der Waals surface area (Å²) in [4.78, 5) is 19.1. The van der Waals surface area contributed by atoms with E-state index in [4.69, 9.17) is 4.74 Å². The first-order valence-electron chi connectivity index (χ1n) is 9.26. The van der Waals surface area contributed by atoms with E-state index in [0.717, 1.165) is 68.3 Å². The number of hydrogen-bond donors (Lipinski definition) is 1. The van der Waals surface area contributed by atoms with Crippen LogP contribution in [0.4, 0.5) is 0 Å². The van der Waals surface area contributed by atoms with Gasteiger partial charge in [-0.2, -0.15) is 0 Å². The number of pyridine rings is 1. The Bertz CT molecular complexity index is 743. The standard InChI is InChI=1S/C20H25N3O2/c24-20(16-3-4-17-13-21-8-5-15(17)12-16)23-9-1-2-19(14-23)22-18-6-10-25-11-7-18/h3-5,8,12-13,18-19,22H,1-2,6-7,9-11,14H2. The molecule has 0 spiro atoms. The Balaban J connectivity index is 1.43. The van der Waals surface area contributed by atoms with Gasteiger partial charge in [0.15, 0.2) is 0 Å². The molecule has 0 bridgehead atoms. The minimum Gasteiger partial charge on any atom is -0.381 e. The Labute approximate surface area is 148 Å². The predicted octanol–water partition coefficient (Wildman–Crippen LogP) is 2.61. The average molecular weight is 339 g/mol. The van der Waals surface area contributed by atoms with Crippen molar-refractivity contribution < 1.29 is 9.53 Å². The van der Waals surface area contributed by atoms with Gasteiger partial charge in [-0.25, -0.2) is 0 Å². The summed E-state index contributed by atoms with van der Waals surface area (Å²) in [5, 5.41) is 5.87. The predicted molar refractivity (Wildman–Crippen MR) is 97.6 cm³/mol. The van der Waals surface area contributed by atoms with Gasteiger partial charge in [-0.05, 0) is 49.3 Å². The monoisotopic (exact) mass is 339 g/mol. The molecule has 2 fully saturated rings. The molecular weight excluding hydrogens is 314 g/mol. The van der Waals surface area contributed by atoms with E-state index in [1.54, 1.807) is 6.20 Å². The quantitative estimate of drug-likeness (QED) is 0.934. The van der Waals surface area contributed by atoms with E-state index >= 15 is 0 Å². The summed E-state index contributed by atoms with van der Waals surface area (Å²) in [6.45, 7) is 3.34. The molecule has 0 saturated carbocycles. The van der Waals surface area contributed by atoms with E-state index in [2.05, 4.69) is 10.3 Å². The van der Waals surface area contributed by atoms with E-state index in [1.165, 1.54) is 0 Å². The van der Waals surface area contributed by atoms with Crippen molar-refractivity contribution >= 4 is 16.7 Å². The topological polar surface area (TPSA) is 54.5 Å². The van der Waals surface area contributed by atoms with Crippen LogP contribution in [0, 0.1) is 0 Å². The second-order valence-corrected chi connectivity index (χ2v) is 7.08. The van der Waals surface area contributed by atoms with Crippen LogP contribution in [0.15, 0.2) is 36.7 Å². The summed E-state index contributed by atoms with van der Waals surface area (Å²) in [7, 11) is 0. The third kappa shape index (κ3) is 3.83. The van der Waals surface area contributed by atoms with Gasteiger partial charge in [0.25, 0.3) is 5.91 Å². The summed E-state index contributed by atoms with van der Waals surface area (Å²) in [6.07, 6.45) is 7.95. The van der Waals surface area contributed by atoms with Crippen LogP contribution in [0.5, 0.6) is 0 Å². The fourth-order valence-corrected chi connectivity index (χ4v) is 3.89. The molecule has 2 aliphatic rings. The molecule has 1 atom stereocenters. The lowest BCUT2D eigenvalue weighted by Gasteiger charge is -2.36. The number of nitrogens with one attached hydrogen (secondary N) is 1. The summed E-state index contributed by atoms with van der Waals surface area (Å²) in [6, 6.07) is 8.76. The van der Waals surface area contributed by atoms with Crippen LogP contribution >= 0.6 is 0 Å². The summed E-state index contributed by atoms with van der Waals surface area (Å²) in [5.74, 6) is 0.136. The van der Waals surface area contributed by atoms with Crippen molar-refractivity contribution in [2.24, 2.45) is 0 Å². The van der Waals surface area contributed by atoms with Gasteiger partial charge < -0.3 is 15.0 Å². The first-order chi connectivity index (χ1) is 12.3. The number of benzene rings is 1. The molecule has 5 heteroatoms. The molecule has 2 aliphatic heterocycles. The lowest BCUT2D eigenvalue weighted by molar-refractivity contribution is 0.0601. The second kappa shape index (κ2) is 7.50. The minimum atomic E-state index is 0.136. The van der Waals surface area contributed by atoms with E-state index in [9.17, 15) is 4.79 Å². The van der Waals surface area contributed by atoms with E-state index in [0.29, 0.717) is 12.1 Å². The Hall–Kier alpha value is -1.98. The highest BCUT2D eigenvalue weighted by molar-refractivity contribution is 5.98. The number of carbonyl (C=O) groups is 1. The number of likely N-dealkylation sites (tertiary alicyclic amines) is 1. The van der Waals surface area contributed by atoms with Crippen molar-refractivity contribution in [1.82, 2.24) is 15.2 Å². The zero-order valence-corrected chi connectivity index (χ0v) is 14.5. The Morgan fingerprint density at radius 2 is 2.00 bits per heavy atom. The van der Waals surface area contributed by atoms with Crippen LogP contribution < -0.4 is 5.32 Å². The van der Waals surface area contributed by atoms with Crippen LogP contribution in [-0.2, 0) is 4.74 Å². The molecule has 2 saturated heterocycles. The average Bonchev–Trinajstić information content (AvgIpc) is 2.68. The summed E-state index contributed by atoms with van der Waals surface area (Å²) < 4.78 is 5.43. The van der Waals surface area contributed by atoms with Gasteiger partial charge in [-0.3, -0.25) is 9.78 Å². The number of fused-ring (bicyclic) bond motifs is 1. The van der Waals surface area contributed by atoms with Crippen molar-refractivity contribution in [3.05, 3.63) is 42.2 Å². The van der Waals surface area contributed by atoms with Gasteiger partial charge in [0, 0.05) is 61.7 Å². The molecule has 0 radical (unpaired) electrons. The van der Waals surface area contributed by atoms with Gasteiger partial charge in [-0.15, -0.1) is 0 Å². The van der Waals surface area contributed by atoms with Crippen molar-refractivity contribution in [3.63, 3.8) is 0 Å². The number of carbonyl (C=O) groups excluding carboxylic acids is 1. The highest BCUT2D eigenvalue weighted by Gasteiger charge is 2.26. The zero-order valence-electron chi connectivity index (χ0n) is 14.5. The molecule has 0 aliphatic carbocycles. The maximum absolute atomic E-state index is 12.9. The number of nitrogens with zero attached hydrogens (tertiary/aromatic N) is 2. The first kappa shape index (κ1) is 16.5. The number of aromatic nitrogens is 1. The van der Waals surface area contributed by atoms with Crippen LogP contribution in [0.1, 0.15) is 36.0 Å². The maximum atomic E-state index is 12.9. The third-order valence-electron chi connectivity index (χ3n) is 5.29. The fourth-order valence-electron chi connectivity index (χ4n) is 3.89. The van der Waals surface area contributed by atoms with Crippen molar-refractivity contribution in [1.29, 1.82) is 0 Å². The Kier molecular flexibility index (Phi) is 4.95. The van der Waals surface area contributed by atoms with E-state index in [1.807, 2.05) is 35.4 Å². The van der Waals surface area contributed by atoms with Crippen LogP contribution in [-0.4, -0.2) is 54.2 Å². The maximum Gasteiger partial charge on any atom is 0.253 e. The van der Waals surface area contributed by atoms with Crippen LogP contribution in [0.3, 0.4) is 0 Å². The normalized spacial score (nSPS) is 22.2. The molecule has 132 valence electrons. The number of amides is 1. The van der Waals surface area contributed by atoms with Gasteiger partial charge >= 0.3 is 0 Å². The highest BCUT2D eigenvalue weighted by atomic mass is 16.5. The first-order valence-corrected chi connectivity index (χ1v) is 9.26. The molecule has 3 heterocycles. The molecular formula is C20H25N3O2. The largest absolute Gasteiger partial charge is 0.381 e. The van der Waals surface area contributed by atoms with Crippen molar-refractivity contribution in [3.8, 4) is 0 Å². The molecule has 1 aromatic heterocycles. The Morgan fingerprint density at radius 1 is 1.12 bits per heavy atom. The van der Waals surface area contributed by atoms with Crippen LogP contribution in [0.25, 0.3) is 10.8 Å². The molecule has 5 nitrogen and oxygen atoms in total. The SMILES string of the molecule is O=C(c1ccc2cnccc2c1)N1CCCC(NC2CCOCC2)C1. The Morgan fingerprint density at radius 3 is 2.88 bits per heavy atom. The lowest BCUT2D eigenvalue weighted by Crippen LogP contribution is -2.51. The number of hydrogen-bond acceptors (Lipinski definition) is 4. The van der Waals surface area contributed by atoms with Crippen molar-refractivity contribution in [2.75, 3.05) is 26.3 Å². The molecule has 25 heavy (non-hydrogen) atoms. The highest BCUT2D eigenvalue weighted by Crippen LogP contribution is 2.19. The van der Waals surface area contributed by atoms with Gasteiger partial charge in [0.05, 0.1) is 0 Å². The fraction of sp³-hybridized carbons (Fsp3) is 0.500. The molecule has 1 amide bonds. The molecule has 1 aromatic carbocycles. The van der Waals surface area contributed by atoms with E-state index in [-0.39, 0.29) is 5.91 Å². The molecule has 2 aromatic rings. The number of rotatable bonds is 3. The summed E-state index contributed by atoms with van der Waals surface area (Å²) >= 11 is 0. The number of piperidine rings is 1. The third-order valence-corrected chi connectivity index (χ3v) is 5.29.